The van der Waals surface area contributed by atoms with Gasteiger partial charge in [0.05, 0.1) is 10.6 Å². The molecule has 4 rings (SSSR count). The van der Waals surface area contributed by atoms with Crippen LogP contribution in [-0.2, 0) is 16.0 Å². The first-order valence-corrected chi connectivity index (χ1v) is 11.1. The van der Waals surface area contributed by atoms with Crippen molar-refractivity contribution in [3.63, 3.8) is 0 Å². The molecule has 0 aliphatic heterocycles. The fourth-order valence-electron chi connectivity index (χ4n) is 3.68. The van der Waals surface area contributed by atoms with Gasteiger partial charge in [0.2, 0.25) is 11.8 Å². The maximum Gasteiger partial charge on any atom is 0.253 e. The van der Waals surface area contributed by atoms with Crippen LogP contribution in [0.15, 0.2) is 79.0 Å². The van der Waals surface area contributed by atoms with E-state index >= 15 is 0 Å². The minimum atomic E-state index is -0.863. The number of rotatable bonds is 7. The van der Waals surface area contributed by atoms with Crippen LogP contribution >= 0.6 is 11.6 Å². The highest BCUT2D eigenvalue weighted by atomic mass is 35.5. The summed E-state index contributed by atoms with van der Waals surface area (Å²) in [5.74, 6) is -0.998. The fraction of sp³-hybridized carbons (Fsp3) is 0.115. The average Bonchev–Trinajstić information content (AvgIpc) is 3.22. The SMILES string of the molecule is CC(=O)Nc1ccc(NC(=O)C(Cc2c[nH]c3ccccc23)NC(=O)c2ccccc2Cl)cc1. The summed E-state index contributed by atoms with van der Waals surface area (Å²) in [7, 11) is 0. The summed E-state index contributed by atoms with van der Waals surface area (Å²) in [6.45, 7) is 1.42. The van der Waals surface area contributed by atoms with Crippen molar-refractivity contribution in [2.24, 2.45) is 0 Å². The van der Waals surface area contributed by atoms with Gasteiger partial charge in [-0.3, -0.25) is 14.4 Å². The Hall–Kier alpha value is -4.10. The summed E-state index contributed by atoms with van der Waals surface area (Å²) in [4.78, 5) is 40.6. The number of aromatic nitrogens is 1. The van der Waals surface area contributed by atoms with Crippen molar-refractivity contribution < 1.29 is 14.4 Å². The molecule has 0 bridgehead atoms. The largest absolute Gasteiger partial charge is 0.361 e. The Labute approximate surface area is 201 Å². The zero-order valence-corrected chi connectivity index (χ0v) is 19.1. The van der Waals surface area contributed by atoms with Gasteiger partial charge in [-0.25, -0.2) is 0 Å². The van der Waals surface area contributed by atoms with E-state index in [1.165, 1.54) is 6.92 Å². The molecular weight excluding hydrogens is 452 g/mol. The molecule has 1 heterocycles. The van der Waals surface area contributed by atoms with Crippen LogP contribution in [-0.4, -0.2) is 28.7 Å². The van der Waals surface area contributed by atoms with Crippen LogP contribution < -0.4 is 16.0 Å². The van der Waals surface area contributed by atoms with Crippen LogP contribution in [0.2, 0.25) is 5.02 Å². The molecule has 34 heavy (non-hydrogen) atoms. The molecule has 3 aromatic carbocycles. The van der Waals surface area contributed by atoms with Gasteiger partial charge in [-0.15, -0.1) is 0 Å². The number of halogens is 1. The number of hydrogen-bond acceptors (Lipinski definition) is 3. The third-order valence-corrected chi connectivity index (χ3v) is 5.64. The lowest BCUT2D eigenvalue weighted by molar-refractivity contribution is -0.118. The van der Waals surface area contributed by atoms with Gasteiger partial charge in [-0.1, -0.05) is 41.9 Å². The second kappa shape index (κ2) is 10.2. The van der Waals surface area contributed by atoms with Crippen molar-refractivity contribution in [3.05, 3.63) is 95.1 Å². The molecule has 1 unspecified atom stereocenters. The lowest BCUT2D eigenvalue weighted by Crippen LogP contribution is -2.45. The number of H-pyrrole nitrogens is 1. The number of amides is 3. The van der Waals surface area contributed by atoms with Gasteiger partial charge < -0.3 is 20.9 Å². The molecule has 0 spiro atoms. The normalized spacial score (nSPS) is 11.6. The van der Waals surface area contributed by atoms with Crippen molar-refractivity contribution >= 4 is 51.6 Å². The number of aromatic amines is 1. The second-order valence-corrected chi connectivity index (χ2v) is 8.22. The van der Waals surface area contributed by atoms with E-state index in [-0.39, 0.29) is 18.2 Å². The smallest absolute Gasteiger partial charge is 0.253 e. The molecule has 4 aromatic rings. The summed E-state index contributed by atoms with van der Waals surface area (Å²) < 4.78 is 0. The van der Waals surface area contributed by atoms with Crippen molar-refractivity contribution in [2.75, 3.05) is 10.6 Å². The average molecular weight is 475 g/mol. The maximum atomic E-state index is 13.3. The van der Waals surface area contributed by atoms with E-state index in [0.717, 1.165) is 16.5 Å². The van der Waals surface area contributed by atoms with E-state index in [9.17, 15) is 14.4 Å². The summed E-state index contributed by atoms with van der Waals surface area (Å²) in [6.07, 6.45) is 2.12. The van der Waals surface area contributed by atoms with Gasteiger partial charge in [-0.05, 0) is 48.0 Å². The number of hydrogen-bond donors (Lipinski definition) is 4. The Balaban J connectivity index is 1.57. The molecule has 8 heteroatoms. The van der Waals surface area contributed by atoms with Gasteiger partial charge in [-0.2, -0.15) is 0 Å². The minimum Gasteiger partial charge on any atom is -0.361 e. The van der Waals surface area contributed by atoms with E-state index < -0.39 is 11.9 Å². The number of fused-ring (bicyclic) bond motifs is 1. The van der Waals surface area contributed by atoms with Gasteiger partial charge in [0.1, 0.15) is 6.04 Å². The molecule has 0 aliphatic carbocycles. The number of benzene rings is 3. The zero-order chi connectivity index (χ0) is 24.1. The summed E-state index contributed by atoms with van der Waals surface area (Å²) >= 11 is 6.19. The Kier molecular flexibility index (Phi) is 6.94. The molecular formula is C26H23ClN4O3. The van der Waals surface area contributed by atoms with Crippen molar-refractivity contribution in [1.82, 2.24) is 10.3 Å². The molecule has 0 fully saturated rings. The van der Waals surface area contributed by atoms with Crippen LogP contribution in [0.4, 0.5) is 11.4 Å². The third kappa shape index (κ3) is 5.44. The van der Waals surface area contributed by atoms with Gasteiger partial charge >= 0.3 is 0 Å². The monoisotopic (exact) mass is 474 g/mol. The highest BCUT2D eigenvalue weighted by molar-refractivity contribution is 6.33. The van der Waals surface area contributed by atoms with Gasteiger partial charge in [0.15, 0.2) is 0 Å². The Morgan fingerprint density at radius 2 is 1.53 bits per heavy atom. The number of para-hydroxylation sites is 1. The van der Waals surface area contributed by atoms with Crippen LogP contribution in [0, 0.1) is 0 Å². The molecule has 3 amide bonds. The molecule has 0 saturated carbocycles. The number of anilines is 2. The standard InChI is InChI=1S/C26H23ClN4O3/c1-16(32)29-18-10-12-19(13-11-18)30-26(34)24(31-25(33)21-7-2-4-8-22(21)27)14-17-15-28-23-9-5-3-6-20(17)23/h2-13,15,24,28H,14H2,1H3,(H,29,32)(H,30,34)(H,31,33). The summed E-state index contributed by atoms with van der Waals surface area (Å²) in [6, 6.07) is 20.3. The minimum absolute atomic E-state index is 0.183. The molecule has 0 radical (unpaired) electrons. The predicted octanol–water partition coefficient (Wildman–Crippen LogP) is 4.76. The van der Waals surface area contributed by atoms with Crippen molar-refractivity contribution in [2.45, 2.75) is 19.4 Å². The van der Waals surface area contributed by atoms with Crippen LogP contribution in [0.1, 0.15) is 22.8 Å². The first-order chi connectivity index (χ1) is 16.4. The Bertz CT molecular complexity index is 1350. The first-order valence-electron chi connectivity index (χ1n) is 10.7. The first kappa shape index (κ1) is 23.1. The van der Waals surface area contributed by atoms with Crippen LogP contribution in [0.25, 0.3) is 10.9 Å². The maximum absolute atomic E-state index is 13.3. The predicted molar refractivity (Wildman–Crippen MR) is 134 cm³/mol. The van der Waals surface area contributed by atoms with E-state index in [2.05, 4.69) is 20.9 Å². The van der Waals surface area contributed by atoms with Crippen molar-refractivity contribution in [3.8, 4) is 0 Å². The lowest BCUT2D eigenvalue weighted by atomic mass is 10.0. The zero-order valence-electron chi connectivity index (χ0n) is 18.4. The van der Waals surface area contributed by atoms with Gasteiger partial charge in [0.25, 0.3) is 5.91 Å². The van der Waals surface area contributed by atoms with E-state index in [1.54, 1.807) is 48.5 Å². The third-order valence-electron chi connectivity index (χ3n) is 5.31. The van der Waals surface area contributed by atoms with E-state index in [0.29, 0.717) is 22.0 Å². The molecule has 4 N–H and O–H groups in total. The Morgan fingerprint density at radius 3 is 2.24 bits per heavy atom. The molecule has 1 atom stereocenters. The number of nitrogens with one attached hydrogen (secondary N) is 4. The molecule has 172 valence electrons. The molecule has 0 aliphatic rings. The van der Waals surface area contributed by atoms with Crippen LogP contribution in [0.5, 0.6) is 0 Å². The van der Waals surface area contributed by atoms with Crippen molar-refractivity contribution in [1.29, 1.82) is 0 Å². The molecule has 1 aromatic heterocycles. The van der Waals surface area contributed by atoms with Crippen LogP contribution in [0.3, 0.4) is 0 Å². The number of carbonyl (C=O) groups is 3. The lowest BCUT2D eigenvalue weighted by Gasteiger charge is -2.19. The van der Waals surface area contributed by atoms with E-state index in [4.69, 9.17) is 11.6 Å². The summed E-state index contributed by atoms with van der Waals surface area (Å²) in [5, 5.41) is 9.64. The quantitative estimate of drug-likeness (QED) is 0.310. The number of carbonyl (C=O) groups excluding carboxylic acids is 3. The highest BCUT2D eigenvalue weighted by Gasteiger charge is 2.24. The fourth-order valence-corrected chi connectivity index (χ4v) is 3.90. The molecule has 0 saturated heterocycles. The topological polar surface area (TPSA) is 103 Å². The van der Waals surface area contributed by atoms with E-state index in [1.807, 2.05) is 30.5 Å². The second-order valence-electron chi connectivity index (χ2n) is 7.82. The summed E-state index contributed by atoms with van der Waals surface area (Å²) in [5.41, 5.74) is 3.29. The Morgan fingerprint density at radius 1 is 0.882 bits per heavy atom. The van der Waals surface area contributed by atoms with Gasteiger partial charge in [0, 0.05) is 41.8 Å². The highest BCUT2D eigenvalue weighted by Crippen LogP contribution is 2.21. The molecule has 7 nitrogen and oxygen atoms in total.